The van der Waals surface area contributed by atoms with E-state index in [4.69, 9.17) is 15.5 Å². The van der Waals surface area contributed by atoms with E-state index in [0.717, 1.165) is 59.6 Å². The molecule has 1 fully saturated rings. The number of amides is 1. The number of fused-ring (bicyclic) bond motifs is 1. The Kier molecular flexibility index (Phi) is 6.66. The molecule has 3 N–H and O–H groups in total. The molecule has 4 aromatic rings. The normalized spacial score (nSPS) is 17.9. The fourth-order valence-corrected chi connectivity index (χ4v) is 4.98. The zero-order chi connectivity index (χ0) is 24.2. The van der Waals surface area contributed by atoms with Gasteiger partial charge in [0.05, 0.1) is 0 Å². The average Bonchev–Trinajstić information content (AvgIpc) is 3.30. The van der Waals surface area contributed by atoms with Crippen LogP contribution in [0, 0.1) is 5.92 Å². The summed E-state index contributed by atoms with van der Waals surface area (Å²) in [6, 6.07) is 18.1. The van der Waals surface area contributed by atoms with Gasteiger partial charge in [-0.15, -0.1) is 0 Å². The van der Waals surface area contributed by atoms with E-state index in [0.29, 0.717) is 19.0 Å². The average molecular weight is 470 g/mol. The van der Waals surface area contributed by atoms with Gasteiger partial charge in [-0.1, -0.05) is 42.5 Å². The summed E-state index contributed by atoms with van der Waals surface area (Å²) in [6.07, 6.45) is 7.22. The molecule has 0 aliphatic heterocycles. The minimum atomic E-state index is 0.0853. The number of anilines is 1. The lowest BCUT2D eigenvalue weighted by Gasteiger charge is -2.27. The van der Waals surface area contributed by atoms with E-state index in [-0.39, 0.29) is 17.7 Å². The fourth-order valence-electron chi connectivity index (χ4n) is 4.98. The Morgan fingerprint density at radius 2 is 1.91 bits per heavy atom. The maximum atomic E-state index is 12.3. The third-order valence-corrected chi connectivity index (χ3v) is 6.78. The topological polar surface area (TPSA) is 94.5 Å². The predicted molar refractivity (Wildman–Crippen MR) is 137 cm³/mol. The van der Waals surface area contributed by atoms with Gasteiger partial charge in [-0.05, 0) is 50.3 Å². The van der Waals surface area contributed by atoms with E-state index in [1.165, 1.54) is 0 Å². The molecule has 180 valence electrons. The predicted octanol–water partition coefficient (Wildman–Crippen LogP) is 4.97. The molecule has 7 heteroatoms. The number of hydrogen-bond donors (Lipinski definition) is 2. The van der Waals surface area contributed by atoms with Gasteiger partial charge in [0.25, 0.3) is 0 Å². The first-order chi connectivity index (χ1) is 17.1. The van der Waals surface area contributed by atoms with Gasteiger partial charge in [0.1, 0.15) is 35.2 Å². The Bertz CT molecular complexity index is 1310. The van der Waals surface area contributed by atoms with Crippen LogP contribution in [0.4, 0.5) is 5.82 Å². The summed E-state index contributed by atoms with van der Waals surface area (Å²) in [5, 5.41) is 2.96. The van der Waals surface area contributed by atoms with Crippen LogP contribution >= 0.6 is 0 Å². The number of carbonyl (C=O) groups is 1. The summed E-state index contributed by atoms with van der Waals surface area (Å²) in [5.41, 5.74) is 10.0. The summed E-state index contributed by atoms with van der Waals surface area (Å²) in [4.78, 5) is 21.7. The SMILES string of the molecule is CCNC(=O)C1CCC(c2nc(-c3cccc(OCc4ccccc4)c3)c3c(N)nccn23)CC1. The van der Waals surface area contributed by atoms with Crippen molar-refractivity contribution in [2.24, 2.45) is 5.92 Å². The second-order valence-electron chi connectivity index (χ2n) is 9.09. The molecular formula is C28H31N5O2. The van der Waals surface area contributed by atoms with E-state index >= 15 is 0 Å². The number of hydrogen-bond acceptors (Lipinski definition) is 5. The van der Waals surface area contributed by atoms with Crippen LogP contribution in [0.2, 0.25) is 0 Å². The highest BCUT2D eigenvalue weighted by Gasteiger charge is 2.30. The number of rotatable bonds is 7. The molecule has 2 aromatic heterocycles. The molecule has 0 saturated heterocycles. The van der Waals surface area contributed by atoms with Crippen molar-refractivity contribution in [3.05, 3.63) is 78.4 Å². The number of benzene rings is 2. The molecule has 2 heterocycles. The largest absolute Gasteiger partial charge is 0.489 e. The summed E-state index contributed by atoms with van der Waals surface area (Å²) >= 11 is 0. The quantitative estimate of drug-likeness (QED) is 0.399. The number of carbonyl (C=O) groups excluding carboxylic acids is 1. The highest BCUT2D eigenvalue weighted by molar-refractivity contribution is 5.85. The number of aromatic nitrogens is 3. The molecule has 5 rings (SSSR count). The fraction of sp³-hybridized carbons (Fsp3) is 0.321. The Labute approximate surface area is 205 Å². The summed E-state index contributed by atoms with van der Waals surface area (Å²) in [6.45, 7) is 3.13. The Morgan fingerprint density at radius 3 is 2.69 bits per heavy atom. The molecule has 1 aliphatic rings. The van der Waals surface area contributed by atoms with Gasteiger partial charge in [-0.3, -0.25) is 9.20 Å². The number of nitrogens with one attached hydrogen (secondary N) is 1. The van der Waals surface area contributed by atoms with Crippen LogP contribution in [0.5, 0.6) is 5.75 Å². The third kappa shape index (κ3) is 4.85. The number of nitrogens with zero attached hydrogens (tertiary/aromatic N) is 3. The van der Waals surface area contributed by atoms with Crippen molar-refractivity contribution >= 4 is 17.2 Å². The van der Waals surface area contributed by atoms with Crippen LogP contribution in [-0.4, -0.2) is 26.8 Å². The number of nitrogens with two attached hydrogens (primary N) is 1. The Balaban J connectivity index is 1.42. The van der Waals surface area contributed by atoms with Crippen molar-refractivity contribution in [2.75, 3.05) is 12.3 Å². The van der Waals surface area contributed by atoms with Crippen molar-refractivity contribution in [1.82, 2.24) is 19.7 Å². The minimum absolute atomic E-state index is 0.0853. The standard InChI is InChI=1S/C28H31N5O2/c1-2-30-28(34)21-13-11-20(12-14-21)27-32-24(25-26(29)31-15-16-33(25)27)22-9-6-10-23(17-22)35-18-19-7-4-3-5-8-19/h3-10,15-17,20-21H,2,11-14,18H2,1H3,(H2,29,31)(H,30,34). The lowest BCUT2D eigenvalue weighted by atomic mass is 9.81. The van der Waals surface area contributed by atoms with E-state index in [9.17, 15) is 4.79 Å². The van der Waals surface area contributed by atoms with Crippen LogP contribution in [0.15, 0.2) is 67.0 Å². The first-order valence-corrected chi connectivity index (χ1v) is 12.3. The van der Waals surface area contributed by atoms with Gasteiger partial charge in [0, 0.05) is 36.3 Å². The van der Waals surface area contributed by atoms with Crippen molar-refractivity contribution in [1.29, 1.82) is 0 Å². The van der Waals surface area contributed by atoms with E-state index in [1.807, 2.05) is 67.7 Å². The zero-order valence-corrected chi connectivity index (χ0v) is 20.0. The second kappa shape index (κ2) is 10.2. The van der Waals surface area contributed by atoms with Crippen LogP contribution in [-0.2, 0) is 11.4 Å². The van der Waals surface area contributed by atoms with E-state index in [1.54, 1.807) is 6.20 Å². The van der Waals surface area contributed by atoms with E-state index < -0.39 is 0 Å². The van der Waals surface area contributed by atoms with Crippen LogP contribution in [0.25, 0.3) is 16.8 Å². The molecule has 0 bridgehead atoms. The molecule has 1 amide bonds. The Hall–Kier alpha value is -3.87. The lowest BCUT2D eigenvalue weighted by Crippen LogP contribution is -2.32. The van der Waals surface area contributed by atoms with E-state index in [2.05, 4.69) is 14.7 Å². The number of imidazole rings is 1. The van der Waals surface area contributed by atoms with Crippen molar-refractivity contribution in [3.63, 3.8) is 0 Å². The van der Waals surface area contributed by atoms with Gasteiger partial charge in [0.15, 0.2) is 0 Å². The molecule has 2 aromatic carbocycles. The van der Waals surface area contributed by atoms with Gasteiger partial charge >= 0.3 is 0 Å². The Morgan fingerprint density at radius 1 is 1.11 bits per heavy atom. The first kappa shape index (κ1) is 22.9. The molecule has 0 unspecified atom stereocenters. The van der Waals surface area contributed by atoms with Crippen molar-refractivity contribution < 1.29 is 9.53 Å². The molecule has 7 nitrogen and oxygen atoms in total. The molecule has 0 atom stereocenters. The summed E-state index contributed by atoms with van der Waals surface area (Å²) in [5.74, 6) is 2.73. The van der Waals surface area contributed by atoms with Crippen LogP contribution in [0.1, 0.15) is 49.9 Å². The lowest BCUT2D eigenvalue weighted by molar-refractivity contribution is -0.125. The summed E-state index contributed by atoms with van der Waals surface area (Å²) < 4.78 is 8.13. The molecule has 1 aliphatic carbocycles. The molecule has 0 radical (unpaired) electrons. The van der Waals surface area contributed by atoms with Gasteiger partial charge in [-0.25, -0.2) is 9.97 Å². The summed E-state index contributed by atoms with van der Waals surface area (Å²) in [7, 11) is 0. The zero-order valence-electron chi connectivity index (χ0n) is 20.0. The molecular weight excluding hydrogens is 438 g/mol. The van der Waals surface area contributed by atoms with Gasteiger partial charge < -0.3 is 15.8 Å². The molecule has 0 spiro atoms. The minimum Gasteiger partial charge on any atom is -0.489 e. The van der Waals surface area contributed by atoms with Gasteiger partial charge in [0.2, 0.25) is 5.91 Å². The first-order valence-electron chi connectivity index (χ1n) is 12.3. The van der Waals surface area contributed by atoms with Crippen molar-refractivity contribution in [3.8, 4) is 17.0 Å². The maximum absolute atomic E-state index is 12.3. The third-order valence-electron chi connectivity index (χ3n) is 6.78. The highest BCUT2D eigenvalue weighted by atomic mass is 16.5. The highest BCUT2D eigenvalue weighted by Crippen LogP contribution is 2.39. The molecule has 1 saturated carbocycles. The smallest absolute Gasteiger partial charge is 0.223 e. The maximum Gasteiger partial charge on any atom is 0.223 e. The number of ether oxygens (including phenoxy) is 1. The number of nitrogen functional groups attached to an aromatic ring is 1. The van der Waals surface area contributed by atoms with Gasteiger partial charge in [-0.2, -0.15) is 0 Å². The van der Waals surface area contributed by atoms with Crippen LogP contribution in [0.3, 0.4) is 0 Å². The second-order valence-corrected chi connectivity index (χ2v) is 9.09. The van der Waals surface area contributed by atoms with Crippen molar-refractivity contribution in [2.45, 2.75) is 45.1 Å². The van der Waals surface area contributed by atoms with Crippen LogP contribution < -0.4 is 15.8 Å². The monoisotopic (exact) mass is 469 g/mol. The molecule has 35 heavy (non-hydrogen) atoms.